The van der Waals surface area contributed by atoms with Gasteiger partial charge < -0.3 is 16.0 Å². The number of rotatable bonds is 3. The number of urea groups is 1. The molecular weight excluding hydrogens is 450 g/mol. The maximum Gasteiger partial charge on any atom is 0.318 e. The summed E-state index contributed by atoms with van der Waals surface area (Å²) in [5.41, 5.74) is 9.32. The number of nitriles is 1. The number of carbonyl (C=O) groups is 1. The average Bonchev–Trinajstić information content (AvgIpc) is 3.35. The van der Waals surface area contributed by atoms with Gasteiger partial charge in [-0.3, -0.25) is 4.68 Å². The molecule has 1 saturated heterocycles. The highest BCUT2D eigenvalue weighted by molar-refractivity contribution is 6.31. The van der Waals surface area contributed by atoms with Gasteiger partial charge in [0.05, 0.1) is 16.8 Å². The molecule has 1 spiro atoms. The molecule has 2 aliphatic heterocycles. The zero-order valence-electron chi connectivity index (χ0n) is 18.6. The Hall–Kier alpha value is -3.57. The van der Waals surface area contributed by atoms with Gasteiger partial charge in [0.25, 0.3) is 0 Å². The van der Waals surface area contributed by atoms with Crippen molar-refractivity contribution in [1.29, 1.82) is 5.26 Å². The van der Waals surface area contributed by atoms with Crippen molar-refractivity contribution in [3.63, 3.8) is 0 Å². The van der Waals surface area contributed by atoms with Gasteiger partial charge in [-0.05, 0) is 49.4 Å². The molecule has 3 N–H and O–H groups in total. The van der Waals surface area contributed by atoms with E-state index in [1.165, 1.54) is 0 Å². The molecule has 2 fully saturated rings. The van der Waals surface area contributed by atoms with E-state index >= 15 is 0 Å². The molecule has 1 saturated carbocycles. The molecule has 0 unspecified atom stereocenters. The Balaban J connectivity index is 1.19. The molecule has 8 nitrogen and oxygen atoms in total. The SMILES string of the molecule is N#Cc1cc(-c2cc3n(n2)CCC32CN(C(=O)NC3(c4ccccc4Cl)CCC3)C2)cnc1N. The summed E-state index contributed by atoms with van der Waals surface area (Å²) in [7, 11) is 0. The van der Waals surface area contributed by atoms with Gasteiger partial charge in [-0.1, -0.05) is 29.8 Å². The van der Waals surface area contributed by atoms with E-state index < -0.39 is 0 Å². The molecule has 4 heterocycles. The second-order valence-electron chi connectivity index (χ2n) is 9.64. The van der Waals surface area contributed by atoms with E-state index in [0.29, 0.717) is 23.7 Å². The van der Waals surface area contributed by atoms with E-state index in [0.717, 1.165) is 54.7 Å². The minimum Gasteiger partial charge on any atom is -0.383 e. The highest BCUT2D eigenvalue weighted by Crippen LogP contribution is 2.46. The number of aryl methyl sites for hydroxylation is 1. The lowest BCUT2D eigenvalue weighted by atomic mass is 9.71. The summed E-state index contributed by atoms with van der Waals surface area (Å²) in [5.74, 6) is 0.219. The number of hydrogen-bond acceptors (Lipinski definition) is 5. The number of amides is 2. The van der Waals surface area contributed by atoms with Gasteiger partial charge in [0.2, 0.25) is 0 Å². The Morgan fingerprint density at radius 3 is 2.71 bits per heavy atom. The van der Waals surface area contributed by atoms with Gasteiger partial charge in [-0.25, -0.2) is 9.78 Å². The lowest BCUT2D eigenvalue weighted by molar-refractivity contribution is 0.0767. The molecule has 1 aliphatic carbocycles. The molecule has 6 rings (SSSR count). The molecule has 34 heavy (non-hydrogen) atoms. The van der Waals surface area contributed by atoms with Crippen LogP contribution in [0.1, 0.15) is 42.5 Å². The number of likely N-dealkylation sites (tertiary alicyclic amines) is 1. The first-order valence-electron chi connectivity index (χ1n) is 11.5. The summed E-state index contributed by atoms with van der Waals surface area (Å²) in [6.07, 6.45) is 5.48. The Morgan fingerprint density at radius 1 is 1.21 bits per heavy atom. The van der Waals surface area contributed by atoms with E-state index in [2.05, 4.69) is 22.4 Å². The fraction of sp³-hybridized carbons (Fsp3) is 0.360. The van der Waals surface area contributed by atoms with Crippen LogP contribution in [0.25, 0.3) is 11.3 Å². The predicted molar refractivity (Wildman–Crippen MR) is 128 cm³/mol. The lowest BCUT2D eigenvalue weighted by Gasteiger charge is -2.50. The molecule has 1 aromatic carbocycles. The predicted octanol–water partition coefficient (Wildman–Crippen LogP) is 3.80. The smallest absolute Gasteiger partial charge is 0.318 e. The number of nitrogens with one attached hydrogen (secondary N) is 1. The van der Waals surface area contributed by atoms with Gasteiger partial charge in [0.15, 0.2) is 0 Å². The van der Waals surface area contributed by atoms with Crippen molar-refractivity contribution in [3.05, 3.63) is 64.4 Å². The number of nitrogen functional groups attached to an aromatic ring is 1. The minimum absolute atomic E-state index is 0.0372. The third-order valence-corrected chi connectivity index (χ3v) is 8.01. The topological polar surface area (TPSA) is 113 Å². The number of anilines is 1. The summed E-state index contributed by atoms with van der Waals surface area (Å²) < 4.78 is 2.02. The van der Waals surface area contributed by atoms with Crippen molar-refractivity contribution in [3.8, 4) is 17.3 Å². The van der Waals surface area contributed by atoms with Gasteiger partial charge in [0, 0.05) is 47.5 Å². The highest BCUT2D eigenvalue weighted by atomic mass is 35.5. The minimum atomic E-state index is -0.372. The Bertz CT molecular complexity index is 1350. The summed E-state index contributed by atoms with van der Waals surface area (Å²) in [4.78, 5) is 19.2. The Labute approximate surface area is 202 Å². The number of aromatic nitrogens is 3. The van der Waals surface area contributed by atoms with Gasteiger partial charge in [-0.15, -0.1) is 0 Å². The van der Waals surface area contributed by atoms with E-state index in [9.17, 15) is 10.1 Å². The van der Waals surface area contributed by atoms with E-state index in [-0.39, 0.29) is 22.8 Å². The maximum atomic E-state index is 13.2. The first-order chi connectivity index (χ1) is 16.4. The van der Waals surface area contributed by atoms with E-state index in [4.69, 9.17) is 22.4 Å². The molecule has 3 aromatic rings. The third kappa shape index (κ3) is 3.07. The quantitative estimate of drug-likeness (QED) is 0.600. The summed E-state index contributed by atoms with van der Waals surface area (Å²) >= 11 is 6.46. The van der Waals surface area contributed by atoms with Gasteiger partial charge >= 0.3 is 6.03 Å². The first kappa shape index (κ1) is 21.0. The third-order valence-electron chi connectivity index (χ3n) is 7.68. The Morgan fingerprint density at radius 2 is 2.00 bits per heavy atom. The van der Waals surface area contributed by atoms with Crippen LogP contribution in [0, 0.1) is 11.3 Å². The lowest BCUT2D eigenvalue weighted by Crippen LogP contribution is -2.65. The molecule has 3 aliphatic rings. The largest absolute Gasteiger partial charge is 0.383 e. The number of hydrogen-bond donors (Lipinski definition) is 2. The average molecular weight is 474 g/mol. The molecule has 2 amide bonds. The maximum absolute atomic E-state index is 13.2. The van der Waals surface area contributed by atoms with E-state index in [1.807, 2.05) is 33.8 Å². The zero-order valence-corrected chi connectivity index (χ0v) is 19.3. The first-order valence-corrected chi connectivity index (χ1v) is 11.9. The van der Waals surface area contributed by atoms with Crippen molar-refractivity contribution in [2.75, 3.05) is 18.8 Å². The zero-order chi connectivity index (χ0) is 23.5. The van der Waals surface area contributed by atoms with Crippen LogP contribution in [0.3, 0.4) is 0 Å². The van der Waals surface area contributed by atoms with Crippen molar-refractivity contribution in [2.45, 2.75) is 43.2 Å². The van der Waals surface area contributed by atoms with Crippen LogP contribution in [0.15, 0.2) is 42.6 Å². The number of fused-ring (bicyclic) bond motifs is 2. The van der Waals surface area contributed by atoms with Crippen LogP contribution in [-0.2, 0) is 17.5 Å². The Kier molecular flexibility index (Phi) is 4.61. The van der Waals surface area contributed by atoms with Crippen molar-refractivity contribution >= 4 is 23.4 Å². The fourth-order valence-corrected chi connectivity index (χ4v) is 5.90. The second-order valence-corrected chi connectivity index (χ2v) is 10.0. The van der Waals surface area contributed by atoms with Crippen LogP contribution < -0.4 is 11.1 Å². The number of halogens is 1. The normalized spacial score (nSPS) is 19.1. The molecule has 0 radical (unpaired) electrons. The number of nitrogens with zero attached hydrogens (tertiary/aromatic N) is 5. The molecule has 0 atom stereocenters. The van der Waals surface area contributed by atoms with Crippen LogP contribution in [-0.4, -0.2) is 38.8 Å². The molecule has 172 valence electrons. The molecule has 2 aromatic heterocycles. The van der Waals surface area contributed by atoms with Crippen LogP contribution in [0.5, 0.6) is 0 Å². The fourth-order valence-electron chi connectivity index (χ4n) is 5.58. The van der Waals surface area contributed by atoms with Gasteiger partial charge in [0.1, 0.15) is 11.9 Å². The molecule has 0 bridgehead atoms. The standard InChI is InChI=1S/C25H24ClN7O/c26-19-5-2-1-4-18(19)25(6-3-7-25)30-23(34)32-14-24(15-32)8-9-33-21(24)11-20(31-33)17-10-16(12-27)22(28)29-13-17/h1-2,4-5,10-11,13H,3,6-9,14-15H2,(H2,28,29)(H,30,34). The highest BCUT2D eigenvalue weighted by Gasteiger charge is 2.53. The van der Waals surface area contributed by atoms with Crippen molar-refractivity contribution < 1.29 is 4.79 Å². The van der Waals surface area contributed by atoms with Gasteiger partial charge in [-0.2, -0.15) is 10.4 Å². The van der Waals surface area contributed by atoms with Crippen molar-refractivity contribution in [1.82, 2.24) is 25.0 Å². The van der Waals surface area contributed by atoms with Crippen LogP contribution >= 0.6 is 11.6 Å². The number of benzene rings is 1. The second kappa shape index (κ2) is 7.47. The van der Waals surface area contributed by atoms with E-state index in [1.54, 1.807) is 12.3 Å². The van der Waals surface area contributed by atoms with Crippen LogP contribution in [0.2, 0.25) is 5.02 Å². The molecular formula is C25H24ClN7O. The monoisotopic (exact) mass is 473 g/mol. The molecule has 9 heteroatoms. The number of pyridine rings is 1. The number of carbonyl (C=O) groups excluding carboxylic acids is 1. The number of nitrogens with two attached hydrogens (primary N) is 1. The summed E-state index contributed by atoms with van der Waals surface area (Å²) in [6, 6.07) is 13.6. The van der Waals surface area contributed by atoms with Crippen LogP contribution in [0.4, 0.5) is 10.6 Å². The van der Waals surface area contributed by atoms with Crippen molar-refractivity contribution in [2.24, 2.45) is 0 Å². The summed E-state index contributed by atoms with van der Waals surface area (Å²) in [5, 5.41) is 18.0. The summed E-state index contributed by atoms with van der Waals surface area (Å²) in [6.45, 7) is 2.12.